The molecular formula is C23H39N7O6. The normalized spacial score (nSPS) is 15.3. The van der Waals surface area contributed by atoms with Crippen LogP contribution in [-0.2, 0) is 30.4 Å². The van der Waals surface area contributed by atoms with Gasteiger partial charge in [0, 0.05) is 24.7 Å². The first-order chi connectivity index (χ1) is 16.8. The van der Waals surface area contributed by atoms with Gasteiger partial charge >= 0.3 is 5.97 Å². The van der Waals surface area contributed by atoms with Gasteiger partial charge in [-0.25, -0.2) is 9.78 Å². The molecule has 5 atom stereocenters. The van der Waals surface area contributed by atoms with E-state index in [1.165, 1.54) is 12.5 Å². The van der Waals surface area contributed by atoms with Crippen molar-refractivity contribution in [3.63, 3.8) is 0 Å². The third-order valence-corrected chi connectivity index (χ3v) is 5.76. The van der Waals surface area contributed by atoms with Crippen LogP contribution in [0.2, 0.25) is 0 Å². The average molecular weight is 510 g/mol. The number of rotatable bonds is 16. The maximum Gasteiger partial charge on any atom is 0.326 e. The van der Waals surface area contributed by atoms with Crippen LogP contribution in [0.1, 0.15) is 59.1 Å². The van der Waals surface area contributed by atoms with Gasteiger partial charge in [-0.3, -0.25) is 19.2 Å². The molecule has 9 N–H and O–H groups in total. The van der Waals surface area contributed by atoms with E-state index in [1.54, 1.807) is 6.92 Å². The fourth-order valence-corrected chi connectivity index (χ4v) is 3.47. The molecular weight excluding hydrogens is 470 g/mol. The Morgan fingerprint density at radius 1 is 1.03 bits per heavy atom. The molecule has 0 fully saturated rings. The first-order valence-electron chi connectivity index (χ1n) is 12.0. The summed E-state index contributed by atoms with van der Waals surface area (Å²) in [7, 11) is 0. The number of amides is 4. The second kappa shape index (κ2) is 14.8. The van der Waals surface area contributed by atoms with Gasteiger partial charge in [-0.05, 0) is 24.7 Å². The number of carboxylic acid groups (broad SMARTS) is 1. The van der Waals surface area contributed by atoms with Crippen molar-refractivity contribution >= 4 is 29.6 Å². The number of primary amides is 1. The number of carbonyl (C=O) groups is 5. The topological polar surface area (TPSA) is 222 Å². The standard InChI is InChI=1S/C23H39N7O6/c1-5-13(4)19(22(34)29-17(23(35)36)8-12(2)3)30-21(33)16(6-7-18(25)31)28-20(32)15(24)9-14-10-26-11-27-14/h10-13,15-17,19H,5-9,24H2,1-4H3,(H2,25,31)(H,26,27)(H,28,32)(H,29,34)(H,30,33)(H,35,36). The fourth-order valence-electron chi connectivity index (χ4n) is 3.47. The smallest absolute Gasteiger partial charge is 0.326 e. The minimum Gasteiger partial charge on any atom is -0.480 e. The number of nitrogens with one attached hydrogen (secondary N) is 4. The molecule has 0 aliphatic carbocycles. The largest absolute Gasteiger partial charge is 0.480 e. The van der Waals surface area contributed by atoms with E-state index < -0.39 is 53.8 Å². The molecule has 13 nitrogen and oxygen atoms in total. The van der Waals surface area contributed by atoms with Crippen LogP contribution in [0, 0.1) is 11.8 Å². The van der Waals surface area contributed by atoms with Crippen LogP contribution >= 0.6 is 0 Å². The molecule has 0 radical (unpaired) electrons. The van der Waals surface area contributed by atoms with Gasteiger partial charge in [-0.1, -0.05) is 34.1 Å². The summed E-state index contributed by atoms with van der Waals surface area (Å²) in [4.78, 5) is 68.4. The number of aromatic nitrogens is 2. The van der Waals surface area contributed by atoms with Crippen molar-refractivity contribution in [3.05, 3.63) is 18.2 Å². The van der Waals surface area contributed by atoms with Crippen molar-refractivity contribution < 1.29 is 29.1 Å². The van der Waals surface area contributed by atoms with Crippen molar-refractivity contribution in [2.75, 3.05) is 0 Å². The SMILES string of the molecule is CCC(C)C(NC(=O)C(CCC(N)=O)NC(=O)C(N)Cc1cnc[nH]1)C(=O)NC(CC(C)C)C(=O)O. The Morgan fingerprint density at radius 2 is 1.67 bits per heavy atom. The molecule has 0 aliphatic rings. The molecule has 0 aliphatic heterocycles. The molecule has 5 unspecified atom stereocenters. The molecule has 1 rings (SSSR count). The highest BCUT2D eigenvalue weighted by molar-refractivity contribution is 5.94. The predicted molar refractivity (Wildman–Crippen MR) is 131 cm³/mol. The van der Waals surface area contributed by atoms with Gasteiger partial charge in [0.25, 0.3) is 0 Å². The van der Waals surface area contributed by atoms with Crippen molar-refractivity contribution in [1.82, 2.24) is 25.9 Å². The Labute approximate surface area is 210 Å². The van der Waals surface area contributed by atoms with E-state index >= 15 is 0 Å². The van der Waals surface area contributed by atoms with Crippen LogP contribution in [0.15, 0.2) is 12.5 Å². The lowest BCUT2D eigenvalue weighted by atomic mass is 9.96. The molecule has 0 spiro atoms. The van der Waals surface area contributed by atoms with Gasteiger partial charge in [0.05, 0.1) is 12.4 Å². The first kappa shape index (κ1) is 30.6. The Morgan fingerprint density at radius 3 is 2.17 bits per heavy atom. The minimum absolute atomic E-state index is 0.0161. The van der Waals surface area contributed by atoms with Crippen LogP contribution in [0.5, 0.6) is 0 Å². The van der Waals surface area contributed by atoms with Crippen LogP contribution in [-0.4, -0.2) is 68.8 Å². The summed E-state index contributed by atoms with van der Waals surface area (Å²) in [6.45, 7) is 7.22. The van der Waals surface area contributed by atoms with Gasteiger partial charge in [0.15, 0.2) is 0 Å². The minimum atomic E-state index is -1.19. The number of H-pyrrole nitrogens is 1. The van der Waals surface area contributed by atoms with E-state index in [9.17, 15) is 29.1 Å². The molecule has 0 saturated carbocycles. The number of nitrogens with zero attached hydrogens (tertiary/aromatic N) is 1. The second-order valence-electron chi connectivity index (χ2n) is 9.35. The Hall–Kier alpha value is -3.48. The van der Waals surface area contributed by atoms with Gasteiger partial charge in [-0.2, -0.15) is 0 Å². The molecule has 1 aromatic rings. The van der Waals surface area contributed by atoms with E-state index in [0.29, 0.717) is 12.1 Å². The maximum atomic E-state index is 13.1. The molecule has 0 bridgehead atoms. The van der Waals surface area contributed by atoms with E-state index in [4.69, 9.17) is 11.5 Å². The third kappa shape index (κ3) is 10.4. The number of hydrogen-bond donors (Lipinski definition) is 7. The van der Waals surface area contributed by atoms with Crippen molar-refractivity contribution in [3.8, 4) is 0 Å². The molecule has 1 aromatic heterocycles. The number of aliphatic carboxylic acids is 1. The van der Waals surface area contributed by atoms with Crippen LogP contribution in [0.25, 0.3) is 0 Å². The van der Waals surface area contributed by atoms with Gasteiger partial charge in [0.1, 0.15) is 18.1 Å². The first-order valence-corrected chi connectivity index (χ1v) is 12.0. The van der Waals surface area contributed by atoms with Crippen molar-refractivity contribution in [2.45, 2.75) is 84.0 Å². The highest BCUT2D eigenvalue weighted by Gasteiger charge is 2.33. The molecule has 36 heavy (non-hydrogen) atoms. The zero-order valence-electron chi connectivity index (χ0n) is 21.2. The number of imidazole rings is 1. The number of carbonyl (C=O) groups excluding carboxylic acids is 4. The van der Waals surface area contributed by atoms with E-state index in [0.717, 1.165) is 0 Å². The maximum absolute atomic E-state index is 13.1. The predicted octanol–water partition coefficient (Wildman–Crippen LogP) is -0.824. The summed E-state index contributed by atoms with van der Waals surface area (Å²) in [5.74, 6) is -4.18. The zero-order chi connectivity index (χ0) is 27.4. The van der Waals surface area contributed by atoms with Crippen molar-refractivity contribution in [1.29, 1.82) is 0 Å². The monoisotopic (exact) mass is 509 g/mol. The summed E-state index contributed by atoms with van der Waals surface area (Å²) in [6.07, 6.45) is 3.53. The molecule has 4 amide bonds. The van der Waals surface area contributed by atoms with E-state index in [2.05, 4.69) is 25.9 Å². The summed E-state index contributed by atoms with van der Waals surface area (Å²) in [6, 6.07) is -4.38. The quantitative estimate of drug-likeness (QED) is 0.149. The van der Waals surface area contributed by atoms with Crippen LogP contribution in [0.3, 0.4) is 0 Å². The highest BCUT2D eigenvalue weighted by atomic mass is 16.4. The number of nitrogens with two attached hydrogens (primary N) is 2. The van der Waals surface area contributed by atoms with Crippen LogP contribution < -0.4 is 27.4 Å². The Bertz CT molecular complexity index is 890. The second-order valence-corrected chi connectivity index (χ2v) is 9.35. The molecule has 0 saturated heterocycles. The number of carboxylic acids is 1. The summed E-state index contributed by atoms with van der Waals surface area (Å²) in [5.41, 5.74) is 11.8. The van der Waals surface area contributed by atoms with Gasteiger partial charge < -0.3 is 37.5 Å². The lowest BCUT2D eigenvalue weighted by Gasteiger charge is -2.28. The lowest BCUT2D eigenvalue weighted by molar-refractivity contribution is -0.143. The summed E-state index contributed by atoms with van der Waals surface area (Å²) in [5, 5.41) is 17.1. The number of hydrogen-bond acceptors (Lipinski definition) is 7. The molecule has 1 heterocycles. The zero-order valence-corrected chi connectivity index (χ0v) is 21.2. The number of aromatic amines is 1. The molecule has 202 valence electrons. The Balaban J connectivity index is 3.00. The van der Waals surface area contributed by atoms with Crippen LogP contribution in [0.4, 0.5) is 0 Å². The lowest BCUT2D eigenvalue weighted by Crippen LogP contribution is -2.59. The highest BCUT2D eigenvalue weighted by Crippen LogP contribution is 2.12. The summed E-state index contributed by atoms with van der Waals surface area (Å²) >= 11 is 0. The van der Waals surface area contributed by atoms with Crippen molar-refractivity contribution in [2.24, 2.45) is 23.3 Å². The van der Waals surface area contributed by atoms with Gasteiger partial charge in [0.2, 0.25) is 23.6 Å². The summed E-state index contributed by atoms with van der Waals surface area (Å²) < 4.78 is 0. The third-order valence-electron chi connectivity index (χ3n) is 5.76. The Kier molecular flexibility index (Phi) is 12.6. The average Bonchev–Trinajstić information content (AvgIpc) is 3.31. The van der Waals surface area contributed by atoms with E-state index in [-0.39, 0.29) is 37.5 Å². The van der Waals surface area contributed by atoms with E-state index in [1.807, 2.05) is 20.8 Å². The molecule has 13 heteroatoms. The van der Waals surface area contributed by atoms with Gasteiger partial charge in [-0.15, -0.1) is 0 Å². The molecule has 0 aromatic carbocycles. The fraction of sp³-hybridized carbons (Fsp3) is 0.652.